The smallest absolute Gasteiger partial charge is 0.265 e. The van der Waals surface area contributed by atoms with Gasteiger partial charge < -0.3 is 15.4 Å². The number of benzene rings is 1. The Bertz CT molecular complexity index is 1060. The van der Waals surface area contributed by atoms with Gasteiger partial charge in [0.2, 0.25) is 5.88 Å². The van der Waals surface area contributed by atoms with Gasteiger partial charge in [0.1, 0.15) is 11.5 Å². The molecule has 8 nitrogen and oxygen atoms in total. The number of carbonyl (C=O) groups is 2. The maximum Gasteiger partial charge on any atom is 0.265 e. The van der Waals surface area contributed by atoms with Crippen LogP contribution >= 0.6 is 0 Å². The topological polar surface area (TPSA) is 92.8 Å². The van der Waals surface area contributed by atoms with Crippen molar-refractivity contribution in [3.63, 3.8) is 0 Å². The number of pyridine rings is 1. The second-order valence-electron chi connectivity index (χ2n) is 7.30. The van der Waals surface area contributed by atoms with Crippen molar-refractivity contribution in [3.05, 3.63) is 59.0 Å². The molecule has 162 valence electrons. The van der Waals surface area contributed by atoms with Crippen molar-refractivity contribution < 1.29 is 23.6 Å². The lowest BCUT2D eigenvalue weighted by Crippen LogP contribution is -2.37. The average Bonchev–Trinajstić information content (AvgIpc) is 2.78. The van der Waals surface area contributed by atoms with Crippen molar-refractivity contribution in [3.8, 4) is 5.88 Å². The van der Waals surface area contributed by atoms with Crippen LogP contribution in [0.3, 0.4) is 0 Å². The Morgan fingerprint density at radius 1 is 1.39 bits per heavy atom. The molecule has 1 atom stereocenters. The van der Waals surface area contributed by atoms with Crippen LogP contribution in [0.5, 0.6) is 5.88 Å². The van der Waals surface area contributed by atoms with Crippen molar-refractivity contribution >= 4 is 23.1 Å². The Hall–Kier alpha value is -3.30. The predicted octanol–water partition coefficient (Wildman–Crippen LogP) is 2.52. The third-order valence-electron chi connectivity index (χ3n) is 5.20. The normalized spacial score (nSPS) is 18.5. The molecule has 2 amide bonds. The number of halogens is 1. The van der Waals surface area contributed by atoms with Gasteiger partial charge in [0.15, 0.2) is 6.10 Å². The van der Waals surface area contributed by atoms with E-state index in [1.807, 2.05) is 19.1 Å². The maximum absolute atomic E-state index is 14.2. The van der Waals surface area contributed by atoms with Crippen LogP contribution in [0.1, 0.15) is 34.8 Å². The van der Waals surface area contributed by atoms with E-state index in [2.05, 4.69) is 15.6 Å². The van der Waals surface area contributed by atoms with Gasteiger partial charge in [0, 0.05) is 19.8 Å². The number of hydrogen-bond acceptors (Lipinski definition) is 6. The first kappa shape index (κ1) is 21.0. The van der Waals surface area contributed by atoms with Gasteiger partial charge in [-0.25, -0.2) is 9.37 Å². The number of anilines is 1. The van der Waals surface area contributed by atoms with Crippen molar-refractivity contribution in [2.75, 3.05) is 25.5 Å². The second-order valence-corrected chi connectivity index (χ2v) is 7.30. The molecule has 2 aliphatic rings. The summed E-state index contributed by atoms with van der Waals surface area (Å²) in [6.45, 7) is 3.10. The van der Waals surface area contributed by atoms with Crippen LogP contribution in [-0.2, 0) is 16.2 Å². The number of hydroxylamine groups is 2. The predicted molar refractivity (Wildman–Crippen MR) is 112 cm³/mol. The first-order valence-corrected chi connectivity index (χ1v) is 10.0. The molecule has 0 saturated heterocycles. The maximum atomic E-state index is 14.2. The number of amides is 2. The summed E-state index contributed by atoms with van der Waals surface area (Å²) in [5.41, 5.74) is 2.92. The lowest BCUT2D eigenvalue weighted by Gasteiger charge is -2.27. The van der Waals surface area contributed by atoms with E-state index >= 15 is 0 Å². The zero-order chi connectivity index (χ0) is 22.0. The Labute approximate surface area is 179 Å². The van der Waals surface area contributed by atoms with Gasteiger partial charge in [-0.05, 0) is 41.3 Å². The first-order valence-electron chi connectivity index (χ1n) is 10.0. The highest BCUT2D eigenvalue weighted by Gasteiger charge is 2.27. The monoisotopic (exact) mass is 426 g/mol. The van der Waals surface area contributed by atoms with Crippen molar-refractivity contribution in [2.24, 2.45) is 0 Å². The molecule has 3 heterocycles. The average molecular weight is 426 g/mol. The van der Waals surface area contributed by atoms with Crippen LogP contribution in [-0.4, -0.2) is 48.2 Å². The van der Waals surface area contributed by atoms with Crippen LogP contribution < -0.4 is 15.4 Å². The van der Waals surface area contributed by atoms with Gasteiger partial charge in [0.05, 0.1) is 18.7 Å². The summed E-state index contributed by atoms with van der Waals surface area (Å²) in [6, 6.07) is 6.34. The molecule has 31 heavy (non-hydrogen) atoms. The fourth-order valence-electron chi connectivity index (χ4n) is 3.47. The number of rotatable bonds is 5. The highest BCUT2D eigenvalue weighted by atomic mass is 19.1. The number of fused-ring (bicyclic) bond motifs is 1. The van der Waals surface area contributed by atoms with E-state index in [-0.39, 0.29) is 18.1 Å². The van der Waals surface area contributed by atoms with Gasteiger partial charge in [-0.15, -0.1) is 0 Å². The lowest BCUT2D eigenvalue weighted by molar-refractivity contribution is -0.150. The fourth-order valence-corrected chi connectivity index (χ4v) is 3.47. The molecule has 4 rings (SSSR count). The zero-order valence-electron chi connectivity index (χ0n) is 17.3. The van der Waals surface area contributed by atoms with Crippen LogP contribution in [0.25, 0.3) is 5.57 Å². The molecule has 9 heteroatoms. The minimum atomic E-state index is -0.574. The van der Waals surface area contributed by atoms with Gasteiger partial charge in [-0.2, -0.15) is 5.06 Å². The van der Waals surface area contributed by atoms with Crippen molar-refractivity contribution in [2.45, 2.75) is 26.0 Å². The molecule has 0 spiro atoms. The van der Waals surface area contributed by atoms with E-state index in [0.717, 1.165) is 11.1 Å². The van der Waals surface area contributed by atoms with E-state index in [0.29, 0.717) is 36.6 Å². The summed E-state index contributed by atoms with van der Waals surface area (Å²) in [7, 11) is 1.46. The summed E-state index contributed by atoms with van der Waals surface area (Å²) in [6.07, 6.45) is 3.71. The van der Waals surface area contributed by atoms with Gasteiger partial charge in [0.25, 0.3) is 11.8 Å². The van der Waals surface area contributed by atoms with Gasteiger partial charge in [-0.1, -0.05) is 19.1 Å². The van der Waals surface area contributed by atoms with E-state index in [9.17, 15) is 14.0 Å². The molecule has 1 aromatic heterocycles. The Kier molecular flexibility index (Phi) is 5.97. The van der Waals surface area contributed by atoms with Crippen LogP contribution in [0.2, 0.25) is 0 Å². The third kappa shape index (κ3) is 4.42. The summed E-state index contributed by atoms with van der Waals surface area (Å²) in [5, 5.41) is 7.00. The third-order valence-corrected chi connectivity index (χ3v) is 5.20. The number of hydrogen-bond donors (Lipinski definition) is 2. The molecule has 2 N–H and O–H groups in total. The fraction of sp³-hybridized carbons (Fsp3) is 0.318. The molecule has 0 saturated carbocycles. The first-order chi connectivity index (χ1) is 15.0. The van der Waals surface area contributed by atoms with E-state index in [4.69, 9.17) is 9.57 Å². The molecule has 2 aliphatic heterocycles. The number of aromatic nitrogens is 1. The quantitative estimate of drug-likeness (QED) is 0.763. The lowest BCUT2D eigenvalue weighted by atomic mass is 10.0. The molecule has 1 unspecified atom stereocenters. The zero-order valence-corrected chi connectivity index (χ0v) is 17.3. The van der Waals surface area contributed by atoms with Gasteiger partial charge in [-0.3, -0.25) is 14.4 Å². The minimum Gasteiger partial charge on any atom is -0.463 e. The van der Waals surface area contributed by atoms with Crippen LogP contribution in [0.4, 0.5) is 10.1 Å². The van der Waals surface area contributed by atoms with Crippen molar-refractivity contribution in [1.29, 1.82) is 0 Å². The second kappa shape index (κ2) is 8.83. The SMILES string of the molecule is CCC1Oc2ncc(CN3CC=C(c4ccc(C(=O)NC)c(F)c4)CO3)cc2NC1=O. The van der Waals surface area contributed by atoms with Crippen LogP contribution in [0, 0.1) is 5.82 Å². The van der Waals surface area contributed by atoms with Gasteiger partial charge >= 0.3 is 0 Å². The number of nitrogens with one attached hydrogen (secondary N) is 2. The summed E-state index contributed by atoms with van der Waals surface area (Å²) >= 11 is 0. The molecule has 2 aromatic rings. The van der Waals surface area contributed by atoms with E-state index in [1.165, 1.54) is 19.2 Å². The molecule has 0 radical (unpaired) electrons. The van der Waals surface area contributed by atoms with Crippen LogP contribution in [0.15, 0.2) is 36.5 Å². The molecule has 0 fully saturated rings. The standard InChI is InChI=1S/C22H23FN4O4/c1-3-19-21(29)26-18-8-13(10-25-22(18)31-19)11-27-7-6-15(12-30-27)14-4-5-16(17(23)9-14)20(28)24-2/h4-6,8-10,19H,3,7,11-12H2,1-2H3,(H,24,28)(H,26,29). The Morgan fingerprint density at radius 3 is 2.90 bits per heavy atom. The van der Waals surface area contributed by atoms with Crippen molar-refractivity contribution in [1.82, 2.24) is 15.4 Å². The highest BCUT2D eigenvalue weighted by molar-refractivity contribution is 5.97. The van der Waals surface area contributed by atoms with E-state index in [1.54, 1.807) is 17.3 Å². The summed E-state index contributed by atoms with van der Waals surface area (Å²) in [5.74, 6) is -0.797. The highest BCUT2D eigenvalue weighted by Crippen LogP contribution is 2.29. The van der Waals surface area contributed by atoms with E-state index < -0.39 is 17.8 Å². The Balaban J connectivity index is 1.41. The molecule has 0 bridgehead atoms. The largest absolute Gasteiger partial charge is 0.463 e. The molecular formula is C22H23FN4O4. The molecular weight excluding hydrogens is 403 g/mol. The molecule has 0 aliphatic carbocycles. The minimum absolute atomic E-state index is 0.00596. The number of nitrogens with zero attached hydrogens (tertiary/aromatic N) is 2. The summed E-state index contributed by atoms with van der Waals surface area (Å²) in [4.78, 5) is 33.8. The Morgan fingerprint density at radius 2 is 2.23 bits per heavy atom. The number of carbonyl (C=O) groups excluding carboxylic acids is 2. The summed E-state index contributed by atoms with van der Waals surface area (Å²) < 4.78 is 19.8. The molecule has 1 aromatic carbocycles. The number of ether oxygens (including phenoxy) is 1.